The van der Waals surface area contributed by atoms with E-state index in [-0.39, 0.29) is 6.10 Å². The minimum atomic E-state index is -3.35. The van der Waals surface area contributed by atoms with Gasteiger partial charge in [-0.1, -0.05) is 30.3 Å². The van der Waals surface area contributed by atoms with E-state index < -0.39 is 13.4 Å². The van der Waals surface area contributed by atoms with Crippen LogP contribution in [0.15, 0.2) is 54.6 Å². The van der Waals surface area contributed by atoms with E-state index in [1.165, 1.54) is 0 Å². The van der Waals surface area contributed by atoms with Crippen LogP contribution in [-0.4, -0.2) is 19.3 Å². The summed E-state index contributed by atoms with van der Waals surface area (Å²) >= 11 is 0. The summed E-state index contributed by atoms with van der Waals surface area (Å²) in [5, 5.41) is 3.32. The first kappa shape index (κ1) is 18.0. The highest BCUT2D eigenvalue weighted by Gasteiger charge is 2.41. The lowest BCUT2D eigenvalue weighted by Gasteiger charge is -2.34. The summed E-state index contributed by atoms with van der Waals surface area (Å²) in [6.45, 7) is 4.90. The summed E-state index contributed by atoms with van der Waals surface area (Å²) < 4.78 is 30.3. The fourth-order valence-corrected chi connectivity index (χ4v) is 4.91. The molecular weight excluding hydrogens is 337 g/mol. The van der Waals surface area contributed by atoms with Crippen molar-refractivity contribution in [2.75, 3.05) is 18.5 Å². The lowest BCUT2D eigenvalue weighted by molar-refractivity contribution is 0.0887. The first-order chi connectivity index (χ1) is 12.1. The molecule has 134 valence electrons. The monoisotopic (exact) mass is 361 g/mol. The zero-order valence-corrected chi connectivity index (χ0v) is 15.4. The van der Waals surface area contributed by atoms with Gasteiger partial charge in [0.25, 0.3) is 0 Å². The Morgan fingerprint density at radius 2 is 1.92 bits per heavy atom. The van der Waals surface area contributed by atoms with Gasteiger partial charge in [0.05, 0.1) is 19.3 Å². The van der Waals surface area contributed by atoms with Gasteiger partial charge in [0.1, 0.15) is 5.75 Å². The van der Waals surface area contributed by atoms with Crippen LogP contribution >= 0.6 is 7.60 Å². The molecule has 0 saturated carbocycles. The van der Waals surface area contributed by atoms with Crippen molar-refractivity contribution in [3.8, 4) is 5.75 Å². The van der Waals surface area contributed by atoms with Gasteiger partial charge >= 0.3 is 7.60 Å². The minimum absolute atomic E-state index is 0.0950. The maximum Gasteiger partial charge on any atom is 0.357 e. The Bertz CT molecular complexity index is 720. The van der Waals surface area contributed by atoms with Crippen LogP contribution in [0.3, 0.4) is 0 Å². The molecule has 1 aliphatic heterocycles. The maximum absolute atomic E-state index is 13.4. The summed E-state index contributed by atoms with van der Waals surface area (Å²) in [6, 6.07) is 17.2. The molecule has 25 heavy (non-hydrogen) atoms. The van der Waals surface area contributed by atoms with Gasteiger partial charge in [-0.3, -0.25) is 4.57 Å². The highest BCUT2D eigenvalue weighted by atomic mass is 31.2. The average molecular weight is 361 g/mol. The Hall–Kier alpha value is -1.81. The fraction of sp³-hybridized carbons (Fsp3) is 0.368. The van der Waals surface area contributed by atoms with Gasteiger partial charge in [0.15, 0.2) is 5.78 Å². The average Bonchev–Trinajstić information content (AvgIpc) is 2.61. The smallest absolute Gasteiger partial charge is 0.357 e. The molecule has 0 aromatic heterocycles. The van der Waals surface area contributed by atoms with Crippen LogP contribution in [0.4, 0.5) is 5.69 Å². The predicted octanol–water partition coefficient (Wildman–Crippen LogP) is 5.21. The van der Waals surface area contributed by atoms with E-state index in [1.807, 2.05) is 68.4 Å². The lowest BCUT2D eigenvalue weighted by atomic mass is 10.2. The summed E-state index contributed by atoms with van der Waals surface area (Å²) in [5.41, 5.74) is 1.70. The molecule has 1 N–H and O–H groups in total. The van der Waals surface area contributed by atoms with Crippen molar-refractivity contribution in [1.29, 1.82) is 0 Å². The molecular formula is C19H24NO4P. The van der Waals surface area contributed by atoms with E-state index >= 15 is 0 Å². The quantitative estimate of drug-likeness (QED) is 0.716. The second-order valence-corrected chi connectivity index (χ2v) is 8.06. The van der Waals surface area contributed by atoms with E-state index in [4.69, 9.17) is 13.8 Å². The molecule has 0 unspecified atom stereocenters. The minimum Gasteiger partial charge on any atom is -0.494 e. The number of para-hydroxylation sites is 1. The number of hydrogen-bond donors (Lipinski definition) is 1. The molecule has 3 rings (SSSR count). The van der Waals surface area contributed by atoms with Crippen molar-refractivity contribution in [2.45, 2.75) is 32.2 Å². The molecule has 3 atom stereocenters. The Balaban J connectivity index is 1.92. The summed E-state index contributed by atoms with van der Waals surface area (Å²) in [7, 11) is -3.35. The van der Waals surface area contributed by atoms with Crippen molar-refractivity contribution in [3.63, 3.8) is 0 Å². The van der Waals surface area contributed by atoms with E-state index in [9.17, 15) is 4.57 Å². The SMILES string of the molecule is CCOc1ccc([C@@H](Nc2ccccc2)[P@]2(=O)OCC[C@H](C)O2)cc1. The molecule has 1 fully saturated rings. The molecule has 0 spiro atoms. The molecule has 1 aliphatic rings. The van der Waals surface area contributed by atoms with Crippen LogP contribution in [0, 0.1) is 0 Å². The van der Waals surface area contributed by atoms with Gasteiger partial charge in [-0.25, -0.2) is 0 Å². The van der Waals surface area contributed by atoms with Crippen LogP contribution < -0.4 is 10.1 Å². The van der Waals surface area contributed by atoms with Crippen LogP contribution in [0.25, 0.3) is 0 Å². The van der Waals surface area contributed by atoms with Gasteiger partial charge < -0.3 is 19.1 Å². The number of rotatable bonds is 6. The summed E-state index contributed by atoms with van der Waals surface area (Å²) in [5.74, 6) is 0.204. The molecule has 2 aromatic rings. The van der Waals surface area contributed by atoms with Gasteiger partial charge in [-0.2, -0.15) is 0 Å². The van der Waals surface area contributed by atoms with Crippen LogP contribution in [-0.2, 0) is 13.6 Å². The van der Waals surface area contributed by atoms with Crippen molar-refractivity contribution in [3.05, 3.63) is 60.2 Å². The summed E-state index contributed by atoms with van der Waals surface area (Å²) in [4.78, 5) is 0. The van der Waals surface area contributed by atoms with E-state index in [0.29, 0.717) is 13.2 Å². The van der Waals surface area contributed by atoms with Crippen LogP contribution in [0.5, 0.6) is 5.75 Å². The van der Waals surface area contributed by atoms with Crippen LogP contribution in [0.1, 0.15) is 31.6 Å². The largest absolute Gasteiger partial charge is 0.494 e. The Morgan fingerprint density at radius 1 is 1.20 bits per heavy atom. The first-order valence-electron chi connectivity index (χ1n) is 8.58. The number of nitrogens with one attached hydrogen (secondary N) is 1. The Kier molecular flexibility index (Phi) is 5.79. The maximum atomic E-state index is 13.4. The third-order valence-electron chi connectivity index (χ3n) is 4.02. The van der Waals surface area contributed by atoms with Crippen molar-refractivity contribution in [2.24, 2.45) is 0 Å². The lowest BCUT2D eigenvalue weighted by Crippen LogP contribution is -2.23. The van der Waals surface area contributed by atoms with E-state index in [0.717, 1.165) is 23.4 Å². The molecule has 6 heteroatoms. The zero-order chi connectivity index (χ0) is 17.7. The van der Waals surface area contributed by atoms with Crippen molar-refractivity contribution in [1.82, 2.24) is 0 Å². The third kappa shape index (κ3) is 4.43. The zero-order valence-electron chi connectivity index (χ0n) is 14.6. The molecule has 5 nitrogen and oxygen atoms in total. The van der Waals surface area contributed by atoms with Crippen LogP contribution in [0.2, 0.25) is 0 Å². The van der Waals surface area contributed by atoms with Crippen molar-refractivity contribution >= 4 is 13.3 Å². The summed E-state index contributed by atoms with van der Waals surface area (Å²) in [6.07, 6.45) is 0.646. The van der Waals surface area contributed by atoms with E-state index in [2.05, 4.69) is 5.32 Å². The van der Waals surface area contributed by atoms with Gasteiger partial charge in [-0.15, -0.1) is 0 Å². The highest BCUT2D eigenvalue weighted by Crippen LogP contribution is 2.63. The first-order valence-corrected chi connectivity index (χ1v) is 10.2. The molecule has 2 aromatic carbocycles. The third-order valence-corrected chi connectivity index (χ3v) is 6.28. The predicted molar refractivity (Wildman–Crippen MR) is 99.1 cm³/mol. The van der Waals surface area contributed by atoms with E-state index in [1.54, 1.807) is 0 Å². The second-order valence-electron chi connectivity index (χ2n) is 5.99. The molecule has 1 heterocycles. The molecule has 1 saturated heterocycles. The molecule has 0 aliphatic carbocycles. The number of hydrogen-bond acceptors (Lipinski definition) is 5. The fourth-order valence-electron chi connectivity index (χ4n) is 2.77. The number of benzene rings is 2. The van der Waals surface area contributed by atoms with Gasteiger partial charge in [0, 0.05) is 5.69 Å². The van der Waals surface area contributed by atoms with Gasteiger partial charge in [0.2, 0.25) is 0 Å². The Morgan fingerprint density at radius 3 is 2.56 bits per heavy atom. The Labute approximate surface area is 148 Å². The number of ether oxygens (including phenoxy) is 1. The molecule has 0 radical (unpaired) electrons. The second kappa shape index (κ2) is 8.05. The molecule has 0 bridgehead atoms. The molecule has 0 amide bonds. The van der Waals surface area contributed by atoms with Crippen molar-refractivity contribution < 1.29 is 18.3 Å². The standard InChI is InChI=1S/C19H24NO4P/c1-3-22-18-11-9-16(10-12-18)19(20-17-7-5-4-6-8-17)25(21)23-14-13-15(2)24-25/h4-12,15,19-20H,3,13-14H2,1-2H3/t15-,19-,25-/m0/s1. The number of anilines is 1. The normalized spacial score (nSPS) is 24.5. The highest BCUT2D eigenvalue weighted by molar-refractivity contribution is 7.54. The van der Waals surface area contributed by atoms with Gasteiger partial charge in [-0.05, 0) is 50.1 Å². The topological polar surface area (TPSA) is 56.8 Å².